The first kappa shape index (κ1) is 21.3. The lowest BCUT2D eigenvalue weighted by atomic mass is 10.0. The summed E-state index contributed by atoms with van der Waals surface area (Å²) in [4.78, 5) is 23.9. The molecule has 132 valence electrons. The van der Waals surface area contributed by atoms with Crippen LogP contribution in [0.1, 0.15) is 34.1 Å². The lowest BCUT2D eigenvalue weighted by Gasteiger charge is -2.28. The van der Waals surface area contributed by atoms with Crippen LogP contribution >= 0.6 is 0 Å². The van der Waals surface area contributed by atoms with Crippen LogP contribution in [0.3, 0.4) is 0 Å². The van der Waals surface area contributed by atoms with Crippen molar-refractivity contribution >= 4 is 20.3 Å². The van der Waals surface area contributed by atoms with Crippen molar-refractivity contribution in [3.05, 3.63) is 0 Å². The summed E-state index contributed by atoms with van der Waals surface area (Å²) in [5.41, 5.74) is 5.71. The van der Waals surface area contributed by atoms with E-state index < -0.39 is 26.3 Å². The lowest BCUT2D eigenvalue weighted by Crippen LogP contribution is -2.52. The highest BCUT2D eigenvalue weighted by atomic mass is 28.3. The van der Waals surface area contributed by atoms with Crippen LogP contribution in [0.15, 0.2) is 0 Å². The number of hydrogen-bond acceptors (Lipinski definition) is 4. The minimum atomic E-state index is -1.61. The van der Waals surface area contributed by atoms with Crippen molar-refractivity contribution in [1.82, 2.24) is 10.4 Å². The summed E-state index contributed by atoms with van der Waals surface area (Å²) in [6.45, 7) is 14.3. The van der Waals surface area contributed by atoms with Crippen molar-refractivity contribution in [2.45, 2.75) is 59.8 Å². The molecule has 0 aromatic heterocycles. The molecular weight excluding hydrogens is 312 g/mol. The van der Waals surface area contributed by atoms with E-state index in [1.54, 1.807) is 13.8 Å². The SMILES string of the molecule is CCOC(=O)NN(C(=O)OCC)C(C#C[Si](C)(C)C)CC(C)C. The summed E-state index contributed by atoms with van der Waals surface area (Å²) in [6, 6.07) is -0.454. The fourth-order valence-electron chi connectivity index (χ4n) is 1.68. The molecule has 0 rings (SSSR count). The van der Waals surface area contributed by atoms with Gasteiger partial charge < -0.3 is 9.47 Å². The van der Waals surface area contributed by atoms with Crippen LogP contribution in [0.2, 0.25) is 19.6 Å². The summed E-state index contributed by atoms with van der Waals surface area (Å²) >= 11 is 0. The number of carbonyl (C=O) groups is 2. The smallest absolute Gasteiger partial charge is 0.429 e. The van der Waals surface area contributed by atoms with Crippen LogP contribution in [-0.2, 0) is 9.47 Å². The van der Waals surface area contributed by atoms with Crippen LogP contribution < -0.4 is 5.43 Å². The number of carbonyl (C=O) groups excluding carboxylic acids is 2. The predicted octanol–water partition coefficient (Wildman–Crippen LogP) is 3.40. The van der Waals surface area contributed by atoms with Gasteiger partial charge in [-0.3, -0.25) is 0 Å². The van der Waals surface area contributed by atoms with E-state index >= 15 is 0 Å². The van der Waals surface area contributed by atoms with E-state index in [9.17, 15) is 9.59 Å². The van der Waals surface area contributed by atoms with Crippen molar-refractivity contribution in [3.63, 3.8) is 0 Å². The first-order chi connectivity index (χ1) is 10.6. The Kier molecular flexibility index (Phi) is 9.42. The molecule has 0 saturated carbocycles. The zero-order chi connectivity index (χ0) is 18.0. The number of amides is 2. The molecule has 7 heteroatoms. The Morgan fingerprint density at radius 1 is 1.13 bits per heavy atom. The molecule has 0 saturated heterocycles. The molecular formula is C16H30N2O4Si. The van der Waals surface area contributed by atoms with Crippen molar-refractivity contribution in [2.75, 3.05) is 13.2 Å². The van der Waals surface area contributed by atoms with Gasteiger partial charge in [0, 0.05) is 0 Å². The molecule has 0 fully saturated rings. The molecule has 0 aromatic rings. The van der Waals surface area contributed by atoms with E-state index in [0.717, 1.165) is 5.01 Å². The maximum absolute atomic E-state index is 12.2. The van der Waals surface area contributed by atoms with Gasteiger partial charge in [0.15, 0.2) is 0 Å². The van der Waals surface area contributed by atoms with Gasteiger partial charge in [0.2, 0.25) is 0 Å². The van der Waals surface area contributed by atoms with E-state index in [1.165, 1.54) is 0 Å². The summed E-state index contributed by atoms with van der Waals surface area (Å²) in [5, 5.41) is 1.15. The summed E-state index contributed by atoms with van der Waals surface area (Å²) in [5.74, 6) is 3.45. The van der Waals surface area contributed by atoms with Crippen LogP contribution in [-0.4, -0.2) is 44.5 Å². The van der Waals surface area contributed by atoms with Gasteiger partial charge in [-0.2, -0.15) is 0 Å². The largest absolute Gasteiger partial charge is 0.449 e. The van der Waals surface area contributed by atoms with Gasteiger partial charge in [0.25, 0.3) is 0 Å². The molecule has 0 heterocycles. The van der Waals surface area contributed by atoms with Crippen LogP contribution in [0, 0.1) is 17.4 Å². The summed E-state index contributed by atoms with van der Waals surface area (Å²) in [6.07, 6.45) is -0.692. The standard InChI is InChI=1S/C16H30N2O4Si/c1-8-21-15(19)17-18(16(20)22-9-2)14(12-13(3)4)10-11-23(5,6)7/h13-14H,8-9,12H2,1-7H3,(H,17,19). The van der Waals surface area contributed by atoms with Crippen molar-refractivity contribution in [2.24, 2.45) is 5.92 Å². The Bertz CT molecular complexity index is 449. The second-order valence-corrected chi connectivity index (χ2v) is 11.3. The Labute approximate surface area is 140 Å². The Hall–Kier alpha value is -1.68. The minimum Gasteiger partial charge on any atom is -0.449 e. The zero-order valence-electron chi connectivity index (χ0n) is 15.4. The molecule has 23 heavy (non-hydrogen) atoms. The van der Waals surface area contributed by atoms with Crippen molar-refractivity contribution in [3.8, 4) is 11.5 Å². The molecule has 6 nitrogen and oxygen atoms in total. The van der Waals surface area contributed by atoms with Gasteiger partial charge in [0.1, 0.15) is 14.1 Å². The lowest BCUT2D eigenvalue weighted by molar-refractivity contribution is 0.0615. The van der Waals surface area contributed by atoms with E-state index in [2.05, 4.69) is 36.5 Å². The first-order valence-electron chi connectivity index (χ1n) is 8.02. The Morgan fingerprint density at radius 3 is 2.13 bits per heavy atom. The zero-order valence-corrected chi connectivity index (χ0v) is 16.4. The normalized spacial score (nSPS) is 12.0. The molecule has 0 bridgehead atoms. The number of nitrogens with one attached hydrogen (secondary N) is 1. The number of rotatable bonds is 5. The molecule has 0 aliphatic carbocycles. The first-order valence-corrected chi connectivity index (χ1v) is 11.5. The maximum Gasteiger partial charge on any atom is 0.429 e. The fraction of sp³-hybridized carbons (Fsp3) is 0.750. The number of ether oxygens (including phenoxy) is 2. The Morgan fingerprint density at radius 2 is 1.70 bits per heavy atom. The molecule has 0 aliphatic rings. The molecule has 2 amide bonds. The molecule has 1 N–H and O–H groups in total. The molecule has 1 atom stereocenters. The molecule has 0 spiro atoms. The maximum atomic E-state index is 12.2. The third kappa shape index (κ3) is 9.84. The van der Waals surface area contributed by atoms with Gasteiger partial charge in [-0.1, -0.05) is 39.4 Å². The molecule has 0 radical (unpaired) electrons. The third-order valence-electron chi connectivity index (χ3n) is 2.57. The van der Waals surface area contributed by atoms with Crippen LogP contribution in [0.4, 0.5) is 9.59 Å². The van der Waals surface area contributed by atoms with E-state index in [4.69, 9.17) is 9.47 Å². The van der Waals surface area contributed by atoms with Gasteiger partial charge in [-0.05, 0) is 26.2 Å². The van der Waals surface area contributed by atoms with Gasteiger partial charge in [-0.15, -0.1) is 5.54 Å². The number of nitrogens with zero attached hydrogens (tertiary/aromatic N) is 1. The average molecular weight is 343 g/mol. The topological polar surface area (TPSA) is 67.9 Å². The van der Waals surface area contributed by atoms with Crippen LogP contribution in [0.5, 0.6) is 0 Å². The summed E-state index contributed by atoms with van der Waals surface area (Å²) in [7, 11) is -1.61. The molecule has 1 unspecified atom stereocenters. The monoisotopic (exact) mass is 342 g/mol. The van der Waals surface area contributed by atoms with Gasteiger partial charge >= 0.3 is 12.2 Å². The average Bonchev–Trinajstić information content (AvgIpc) is 2.40. The highest BCUT2D eigenvalue weighted by Gasteiger charge is 2.27. The van der Waals surface area contributed by atoms with Crippen molar-refractivity contribution in [1.29, 1.82) is 0 Å². The molecule has 0 aliphatic heterocycles. The second-order valence-electron chi connectivity index (χ2n) is 6.57. The number of hydrogen-bond donors (Lipinski definition) is 1. The predicted molar refractivity (Wildman–Crippen MR) is 93.4 cm³/mol. The highest BCUT2D eigenvalue weighted by Crippen LogP contribution is 2.12. The fourth-order valence-corrected chi connectivity index (χ4v) is 2.28. The number of hydrazine groups is 1. The van der Waals surface area contributed by atoms with Gasteiger partial charge in [0.05, 0.1) is 13.2 Å². The Balaban J connectivity index is 5.44. The van der Waals surface area contributed by atoms with E-state index in [-0.39, 0.29) is 13.2 Å². The second kappa shape index (κ2) is 10.2. The summed E-state index contributed by atoms with van der Waals surface area (Å²) < 4.78 is 9.90. The van der Waals surface area contributed by atoms with E-state index in [0.29, 0.717) is 12.3 Å². The molecule has 0 aromatic carbocycles. The van der Waals surface area contributed by atoms with Crippen molar-refractivity contribution < 1.29 is 19.1 Å². The van der Waals surface area contributed by atoms with Crippen LogP contribution in [0.25, 0.3) is 0 Å². The quantitative estimate of drug-likeness (QED) is 0.472. The minimum absolute atomic E-state index is 0.218. The van der Waals surface area contributed by atoms with Gasteiger partial charge in [-0.25, -0.2) is 20.0 Å². The third-order valence-corrected chi connectivity index (χ3v) is 3.47. The van der Waals surface area contributed by atoms with E-state index in [1.807, 2.05) is 13.8 Å². The highest BCUT2D eigenvalue weighted by molar-refractivity contribution is 6.83.